The quantitative estimate of drug-likeness (QED) is 0.767. The Balaban J connectivity index is 1.84. The Kier molecular flexibility index (Phi) is 5.21. The van der Waals surface area contributed by atoms with Crippen LogP contribution in [-0.2, 0) is 0 Å². The molecule has 25 heavy (non-hydrogen) atoms. The Morgan fingerprint density at radius 2 is 2.12 bits per heavy atom. The van der Waals surface area contributed by atoms with Gasteiger partial charge in [-0.15, -0.1) is 5.10 Å². The van der Waals surface area contributed by atoms with Crippen molar-refractivity contribution in [1.82, 2.24) is 15.0 Å². The van der Waals surface area contributed by atoms with E-state index < -0.39 is 0 Å². The van der Waals surface area contributed by atoms with Crippen LogP contribution in [0.2, 0.25) is 0 Å². The zero-order chi connectivity index (χ0) is 18.0. The third kappa shape index (κ3) is 3.75. The number of aromatic nitrogens is 3. The molecule has 0 bridgehead atoms. The van der Waals surface area contributed by atoms with Crippen LogP contribution in [0.15, 0.2) is 30.5 Å². The lowest BCUT2D eigenvalue weighted by Gasteiger charge is -2.37. The van der Waals surface area contributed by atoms with Gasteiger partial charge in [-0.25, -0.2) is 4.68 Å². The number of nitrogens with zero attached hydrogens (tertiary/aromatic N) is 3. The topological polar surface area (TPSA) is 57.0 Å². The average Bonchev–Trinajstić information content (AvgIpc) is 3.10. The van der Waals surface area contributed by atoms with Gasteiger partial charge >= 0.3 is 0 Å². The van der Waals surface area contributed by atoms with Crippen LogP contribution in [0.3, 0.4) is 0 Å². The van der Waals surface area contributed by atoms with Gasteiger partial charge in [0.1, 0.15) is 5.75 Å². The van der Waals surface area contributed by atoms with Crippen molar-refractivity contribution < 1.29 is 9.53 Å². The summed E-state index contributed by atoms with van der Waals surface area (Å²) in [5.74, 6) is 2.41. The second-order valence-corrected chi connectivity index (χ2v) is 7.54. The normalized spacial score (nSPS) is 23.6. The summed E-state index contributed by atoms with van der Waals surface area (Å²) in [7, 11) is 1.59. The first-order valence-electron chi connectivity index (χ1n) is 9.10. The highest BCUT2D eigenvalue weighted by Gasteiger charge is 2.33. The zero-order valence-electron chi connectivity index (χ0n) is 15.5. The van der Waals surface area contributed by atoms with Gasteiger partial charge in [-0.05, 0) is 42.7 Å². The summed E-state index contributed by atoms with van der Waals surface area (Å²) in [5.41, 5.74) is 0.970. The first-order valence-corrected chi connectivity index (χ1v) is 9.10. The molecule has 0 saturated heterocycles. The van der Waals surface area contributed by atoms with Crippen molar-refractivity contribution in [2.75, 3.05) is 7.11 Å². The van der Waals surface area contributed by atoms with Gasteiger partial charge in [-0.2, -0.15) is 0 Å². The van der Waals surface area contributed by atoms with Gasteiger partial charge in [0.2, 0.25) is 5.78 Å². The highest BCUT2D eigenvalue weighted by atomic mass is 16.5. The Hall–Kier alpha value is -2.17. The number of carbonyl (C=O) groups is 1. The van der Waals surface area contributed by atoms with E-state index in [0.29, 0.717) is 40.8 Å². The molecule has 3 atom stereocenters. The number of ether oxygens (including phenoxy) is 1. The summed E-state index contributed by atoms with van der Waals surface area (Å²) in [6.45, 7) is 6.84. The van der Waals surface area contributed by atoms with Gasteiger partial charge in [0.05, 0.1) is 19.3 Å². The van der Waals surface area contributed by atoms with Gasteiger partial charge in [0, 0.05) is 5.56 Å². The summed E-state index contributed by atoms with van der Waals surface area (Å²) in [4.78, 5) is 12.7. The molecule has 1 heterocycles. The molecule has 1 fully saturated rings. The molecule has 0 N–H and O–H groups in total. The van der Waals surface area contributed by atoms with Gasteiger partial charge in [-0.3, -0.25) is 4.79 Å². The average molecular weight is 341 g/mol. The molecule has 5 heteroatoms. The minimum absolute atomic E-state index is 0.116. The van der Waals surface area contributed by atoms with E-state index in [1.807, 2.05) is 23.0 Å². The van der Waals surface area contributed by atoms with Crippen LogP contribution in [0.25, 0.3) is 0 Å². The minimum Gasteiger partial charge on any atom is -0.497 e. The van der Waals surface area contributed by atoms with E-state index in [2.05, 4.69) is 31.1 Å². The Labute approximate surface area is 149 Å². The van der Waals surface area contributed by atoms with E-state index in [9.17, 15) is 4.79 Å². The standard InChI is InChI=1S/C20H27N3O2/c1-13(2)17-9-8-14(3)10-19(17)23-12-18(21-22-23)20(24)15-6-5-7-16(11-15)25-4/h5-7,11-14,17,19H,8-10H2,1-4H3/t14-,17+,19-/m1/s1. The second kappa shape index (κ2) is 7.38. The Morgan fingerprint density at radius 1 is 1.32 bits per heavy atom. The van der Waals surface area contributed by atoms with Crippen molar-refractivity contribution in [2.45, 2.75) is 46.1 Å². The monoisotopic (exact) mass is 341 g/mol. The SMILES string of the molecule is COc1cccc(C(=O)c2cn([C@@H]3C[C@H](C)CC[C@H]3C(C)C)nn2)c1. The minimum atomic E-state index is -0.116. The lowest BCUT2D eigenvalue weighted by molar-refractivity contribution is 0.103. The van der Waals surface area contributed by atoms with E-state index in [0.717, 1.165) is 6.42 Å². The van der Waals surface area contributed by atoms with Crippen molar-refractivity contribution >= 4 is 5.78 Å². The molecule has 2 aromatic rings. The fourth-order valence-electron chi connectivity index (χ4n) is 3.91. The maximum Gasteiger partial charge on any atom is 0.215 e. The maximum absolute atomic E-state index is 12.7. The molecule has 0 aliphatic heterocycles. The number of ketones is 1. The van der Waals surface area contributed by atoms with Crippen LogP contribution in [0.1, 0.15) is 62.1 Å². The first kappa shape index (κ1) is 17.6. The van der Waals surface area contributed by atoms with Crippen LogP contribution < -0.4 is 4.74 Å². The molecule has 1 aromatic heterocycles. The molecule has 0 unspecified atom stereocenters. The van der Waals surface area contributed by atoms with Gasteiger partial charge in [0.25, 0.3) is 0 Å². The van der Waals surface area contributed by atoms with Crippen LogP contribution in [-0.4, -0.2) is 27.9 Å². The molecule has 1 saturated carbocycles. The molecule has 0 amide bonds. The number of benzene rings is 1. The van der Waals surface area contributed by atoms with Crippen molar-refractivity contribution in [2.24, 2.45) is 17.8 Å². The molecule has 134 valence electrons. The van der Waals surface area contributed by atoms with E-state index >= 15 is 0 Å². The van der Waals surface area contributed by atoms with Crippen LogP contribution >= 0.6 is 0 Å². The molecule has 3 rings (SSSR count). The second-order valence-electron chi connectivity index (χ2n) is 7.54. The molecule has 0 radical (unpaired) electrons. The predicted octanol–water partition coefficient (Wildman–Crippen LogP) is 4.15. The first-order chi connectivity index (χ1) is 12.0. The van der Waals surface area contributed by atoms with Crippen molar-refractivity contribution in [3.05, 3.63) is 41.7 Å². The smallest absolute Gasteiger partial charge is 0.215 e. The number of hydrogen-bond acceptors (Lipinski definition) is 4. The van der Waals surface area contributed by atoms with Crippen molar-refractivity contribution in [3.8, 4) is 5.75 Å². The molecule has 1 aliphatic carbocycles. The molecule has 1 aliphatic rings. The number of hydrogen-bond donors (Lipinski definition) is 0. The lowest BCUT2D eigenvalue weighted by Crippen LogP contribution is -2.30. The fourth-order valence-corrected chi connectivity index (χ4v) is 3.91. The molecular formula is C20H27N3O2. The fraction of sp³-hybridized carbons (Fsp3) is 0.550. The van der Waals surface area contributed by atoms with Crippen molar-refractivity contribution in [3.63, 3.8) is 0 Å². The third-order valence-electron chi connectivity index (χ3n) is 5.40. The molecule has 0 spiro atoms. The number of carbonyl (C=O) groups excluding carboxylic acids is 1. The van der Waals surface area contributed by atoms with Gasteiger partial charge in [0.15, 0.2) is 5.69 Å². The number of rotatable bonds is 5. The Bertz CT molecular complexity index is 738. The van der Waals surface area contributed by atoms with Crippen LogP contribution in [0, 0.1) is 17.8 Å². The number of methoxy groups -OCH3 is 1. The molecule has 5 nitrogen and oxygen atoms in total. The van der Waals surface area contributed by atoms with Gasteiger partial charge < -0.3 is 4.74 Å². The van der Waals surface area contributed by atoms with Gasteiger partial charge in [-0.1, -0.05) is 44.5 Å². The van der Waals surface area contributed by atoms with E-state index in [1.165, 1.54) is 12.8 Å². The molecule has 1 aromatic carbocycles. The van der Waals surface area contributed by atoms with E-state index in [1.54, 1.807) is 19.2 Å². The molecular weight excluding hydrogens is 314 g/mol. The van der Waals surface area contributed by atoms with Crippen LogP contribution in [0.4, 0.5) is 0 Å². The van der Waals surface area contributed by atoms with Crippen molar-refractivity contribution in [1.29, 1.82) is 0 Å². The van der Waals surface area contributed by atoms with E-state index in [-0.39, 0.29) is 5.78 Å². The maximum atomic E-state index is 12.7. The summed E-state index contributed by atoms with van der Waals surface area (Å²) in [6, 6.07) is 7.48. The summed E-state index contributed by atoms with van der Waals surface area (Å²) < 4.78 is 7.12. The zero-order valence-corrected chi connectivity index (χ0v) is 15.5. The van der Waals surface area contributed by atoms with E-state index in [4.69, 9.17) is 4.74 Å². The Morgan fingerprint density at radius 3 is 2.84 bits per heavy atom. The third-order valence-corrected chi connectivity index (χ3v) is 5.40. The summed E-state index contributed by atoms with van der Waals surface area (Å²) in [6.07, 6.45) is 5.39. The largest absolute Gasteiger partial charge is 0.497 e. The van der Waals surface area contributed by atoms with Crippen LogP contribution in [0.5, 0.6) is 5.75 Å². The predicted molar refractivity (Wildman–Crippen MR) is 96.8 cm³/mol. The summed E-state index contributed by atoms with van der Waals surface area (Å²) >= 11 is 0. The lowest BCUT2D eigenvalue weighted by atomic mass is 9.74. The highest BCUT2D eigenvalue weighted by molar-refractivity contribution is 6.07. The summed E-state index contributed by atoms with van der Waals surface area (Å²) in [5, 5.41) is 8.48. The highest BCUT2D eigenvalue weighted by Crippen LogP contribution is 2.40.